The molecular formula is C13H16FN3O2S. The highest BCUT2D eigenvalue weighted by Crippen LogP contribution is 2.37. The molecule has 0 bridgehead atoms. The SMILES string of the molecule is NC1=NCC2(CCCS(=O)(=O)C2)N1c1ccccc1F. The van der Waals surface area contributed by atoms with Gasteiger partial charge in [0, 0.05) is 0 Å². The van der Waals surface area contributed by atoms with E-state index in [9.17, 15) is 12.8 Å². The second-order valence-electron chi connectivity index (χ2n) is 5.38. The van der Waals surface area contributed by atoms with Crippen LogP contribution in [0.2, 0.25) is 0 Å². The molecule has 0 amide bonds. The Bertz CT molecular complexity index is 674. The second kappa shape index (κ2) is 4.44. The smallest absolute Gasteiger partial charge is 0.196 e. The van der Waals surface area contributed by atoms with Crippen LogP contribution >= 0.6 is 0 Å². The van der Waals surface area contributed by atoms with E-state index >= 15 is 0 Å². The van der Waals surface area contributed by atoms with E-state index in [1.807, 2.05) is 0 Å². The number of anilines is 1. The highest BCUT2D eigenvalue weighted by Gasteiger charge is 2.48. The van der Waals surface area contributed by atoms with Gasteiger partial charge in [-0.2, -0.15) is 0 Å². The summed E-state index contributed by atoms with van der Waals surface area (Å²) in [7, 11) is -3.14. The lowest BCUT2D eigenvalue weighted by Gasteiger charge is -2.41. The molecule has 0 aromatic heterocycles. The zero-order chi connectivity index (χ0) is 14.4. The summed E-state index contributed by atoms with van der Waals surface area (Å²) >= 11 is 0. The van der Waals surface area contributed by atoms with Gasteiger partial charge in [-0.3, -0.25) is 4.99 Å². The fourth-order valence-electron chi connectivity index (χ4n) is 3.10. The molecule has 7 heteroatoms. The number of sulfone groups is 1. The second-order valence-corrected chi connectivity index (χ2v) is 7.57. The zero-order valence-electron chi connectivity index (χ0n) is 10.9. The van der Waals surface area contributed by atoms with Crippen molar-refractivity contribution >= 4 is 21.5 Å². The third-order valence-electron chi connectivity index (χ3n) is 3.92. The minimum Gasteiger partial charge on any atom is -0.369 e. The van der Waals surface area contributed by atoms with Gasteiger partial charge in [0.2, 0.25) is 0 Å². The van der Waals surface area contributed by atoms with Gasteiger partial charge in [-0.05, 0) is 25.0 Å². The van der Waals surface area contributed by atoms with Crippen molar-refractivity contribution in [2.75, 3.05) is 23.0 Å². The molecule has 2 aliphatic heterocycles. The quantitative estimate of drug-likeness (QED) is 0.836. The first kappa shape index (κ1) is 13.4. The number of nitrogens with zero attached hydrogens (tertiary/aromatic N) is 2. The van der Waals surface area contributed by atoms with Crippen LogP contribution in [0.25, 0.3) is 0 Å². The number of guanidine groups is 1. The van der Waals surface area contributed by atoms with Gasteiger partial charge < -0.3 is 10.6 Å². The van der Waals surface area contributed by atoms with E-state index in [1.54, 1.807) is 23.1 Å². The number of hydrogen-bond acceptors (Lipinski definition) is 5. The number of halogens is 1. The van der Waals surface area contributed by atoms with Gasteiger partial charge >= 0.3 is 0 Å². The van der Waals surface area contributed by atoms with Gasteiger partial charge in [0.1, 0.15) is 5.82 Å². The van der Waals surface area contributed by atoms with E-state index in [4.69, 9.17) is 5.73 Å². The third kappa shape index (κ3) is 2.06. The Hall–Kier alpha value is -1.63. The summed E-state index contributed by atoms with van der Waals surface area (Å²) in [6.45, 7) is 0.298. The molecule has 3 rings (SSSR count). The van der Waals surface area contributed by atoms with Gasteiger partial charge in [0.15, 0.2) is 15.8 Å². The summed E-state index contributed by atoms with van der Waals surface area (Å²) < 4.78 is 38.0. The fourth-order valence-corrected chi connectivity index (χ4v) is 5.01. The Kier molecular flexibility index (Phi) is 2.97. The molecule has 2 aliphatic rings. The lowest BCUT2D eigenvalue weighted by molar-refractivity contribution is 0.430. The first-order valence-electron chi connectivity index (χ1n) is 6.49. The van der Waals surface area contributed by atoms with Crippen LogP contribution in [-0.2, 0) is 9.84 Å². The molecule has 0 aliphatic carbocycles. The molecule has 1 unspecified atom stereocenters. The number of benzene rings is 1. The van der Waals surface area contributed by atoms with Crippen LogP contribution in [-0.4, -0.2) is 38.0 Å². The molecule has 1 aromatic rings. The standard InChI is InChI=1S/C13H16FN3O2S/c14-10-4-1-2-5-11(10)17-12(15)16-8-13(17)6-3-7-20(18,19)9-13/h1-2,4-5H,3,6-9H2,(H2,15,16). The van der Waals surface area contributed by atoms with Crippen LogP contribution in [0, 0.1) is 5.82 Å². The molecule has 20 heavy (non-hydrogen) atoms. The Morgan fingerprint density at radius 1 is 1.35 bits per heavy atom. The number of para-hydroxylation sites is 1. The van der Waals surface area contributed by atoms with E-state index in [1.165, 1.54) is 6.07 Å². The average molecular weight is 297 g/mol. The summed E-state index contributed by atoms with van der Waals surface area (Å²) in [6.07, 6.45) is 1.20. The average Bonchev–Trinajstić information content (AvgIpc) is 2.66. The Morgan fingerprint density at radius 2 is 2.10 bits per heavy atom. The third-order valence-corrected chi connectivity index (χ3v) is 5.81. The highest BCUT2D eigenvalue weighted by atomic mass is 32.2. The van der Waals surface area contributed by atoms with Crippen molar-refractivity contribution in [3.05, 3.63) is 30.1 Å². The number of nitrogens with two attached hydrogens (primary N) is 1. The van der Waals surface area contributed by atoms with Gasteiger partial charge in [-0.25, -0.2) is 12.8 Å². The van der Waals surface area contributed by atoms with Crippen molar-refractivity contribution < 1.29 is 12.8 Å². The maximum atomic E-state index is 14.0. The Labute approximate surface area is 117 Å². The topological polar surface area (TPSA) is 75.8 Å². The molecule has 1 aromatic carbocycles. The van der Waals surface area contributed by atoms with Crippen LogP contribution < -0.4 is 10.6 Å². The molecule has 2 N–H and O–H groups in total. The molecule has 0 saturated carbocycles. The van der Waals surface area contributed by atoms with Gasteiger partial charge in [0.25, 0.3) is 0 Å². The maximum absolute atomic E-state index is 14.0. The van der Waals surface area contributed by atoms with Crippen LogP contribution in [0.3, 0.4) is 0 Å². The van der Waals surface area contributed by atoms with Gasteiger partial charge in [-0.1, -0.05) is 12.1 Å². The Morgan fingerprint density at radius 3 is 2.80 bits per heavy atom. The Balaban J connectivity index is 2.07. The van der Waals surface area contributed by atoms with E-state index in [0.29, 0.717) is 25.1 Å². The lowest BCUT2D eigenvalue weighted by Crippen LogP contribution is -2.58. The highest BCUT2D eigenvalue weighted by molar-refractivity contribution is 7.91. The zero-order valence-corrected chi connectivity index (χ0v) is 11.7. The van der Waals surface area contributed by atoms with Gasteiger partial charge in [0.05, 0.1) is 29.3 Å². The summed E-state index contributed by atoms with van der Waals surface area (Å²) in [4.78, 5) is 5.74. The van der Waals surface area contributed by atoms with Crippen LogP contribution in [0.15, 0.2) is 29.3 Å². The summed E-state index contributed by atoms with van der Waals surface area (Å²) in [6, 6.07) is 6.24. The fraction of sp³-hybridized carbons (Fsp3) is 0.462. The van der Waals surface area contributed by atoms with Crippen molar-refractivity contribution in [3.63, 3.8) is 0 Å². The van der Waals surface area contributed by atoms with Crippen molar-refractivity contribution in [1.82, 2.24) is 0 Å². The molecule has 1 saturated heterocycles. The van der Waals surface area contributed by atoms with Gasteiger partial charge in [-0.15, -0.1) is 0 Å². The maximum Gasteiger partial charge on any atom is 0.196 e. The minimum absolute atomic E-state index is 0.0292. The molecule has 0 radical (unpaired) electrons. The van der Waals surface area contributed by atoms with E-state index in [2.05, 4.69) is 4.99 Å². The van der Waals surface area contributed by atoms with E-state index in [0.717, 1.165) is 0 Å². The molecule has 1 atom stereocenters. The first-order chi connectivity index (χ1) is 9.44. The number of aliphatic imine (C=N–C) groups is 1. The summed E-state index contributed by atoms with van der Waals surface area (Å²) in [5.41, 5.74) is 5.45. The predicted molar refractivity (Wildman–Crippen MR) is 76.0 cm³/mol. The van der Waals surface area contributed by atoms with Crippen LogP contribution in [0.1, 0.15) is 12.8 Å². The first-order valence-corrected chi connectivity index (χ1v) is 8.31. The number of rotatable bonds is 1. The monoisotopic (exact) mass is 297 g/mol. The largest absolute Gasteiger partial charge is 0.369 e. The van der Waals surface area contributed by atoms with Crippen molar-refractivity contribution in [1.29, 1.82) is 0 Å². The van der Waals surface area contributed by atoms with Crippen molar-refractivity contribution in [2.24, 2.45) is 10.7 Å². The molecule has 2 heterocycles. The lowest BCUT2D eigenvalue weighted by atomic mass is 9.93. The summed E-state index contributed by atoms with van der Waals surface area (Å²) in [5.74, 6) is -0.0831. The van der Waals surface area contributed by atoms with Crippen LogP contribution in [0.4, 0.5) is 10.1 Å². The van der Waals surface area contributed by atoms with E-state index in [-0.39, 0.29) is 17.5 Å². The molecule has 5 nitrogen and oxygen atoms in total. The normalized spacial score (nSPS) is 28.6. The molecular weight excluding hydrogens is 281 g/mol. The molecule has 1 fully saturated rings. The van der Waals surface area contributed by atoms with Crippen LogP contribution in [0.5, 0.6) is 0 Å². The predicted octanol–water partition coefficient (Wildman–Crippen LogP) is 0.908. The summed E-state index contributed by atoms with van der Waals surface area (Å²) in [5, 5.41) is 0. The minimum atomic E-state index is -3.14. The van der Waals surface area contributed by atoms with Crippen molar-refractivity contribution in [3.8, 4) is 0 Å². The number of hydrogen-bond donors (Lipinski definition) is 1. The molecule has 1 spiro atoms. The van der Waals surface area contributed by atoms with Crippen molar-refractivity contribution in [2.45, 2.75) is 18.4 Å². The van der Waals surface area contributed by atoms with E-state index < -0.39 is 21.2 Å². The molecule has 108 valence electrons.